The highest BCUT2D eigenvalue weighted by atomic mass is 16.5. The number of nitrogens with zero attached hydrogens (tertiary/aromatic N) is 3. The third-order valence-electron chi connectivity index (χ3n) is 13.6. The summed E-state index contributed by atoms with van der Waals surface area (Å²) in [7, 11) is 1.95. The minimum atomic E-state index is -0.0358. The summed E-state index contributed by atoms with van der Waals surface area (Å²) in [6.45, 7) is 6.90. The number of hydrogen-bond acceptors (Lipinski definition) is 8. The Morgan fingerprint density at radius 1 is 0.736 bits per heavy atom. The van der Waals surface area contributed by atoms with Gasteiger partial charge in [0.2, 0.25) is 11.8 Å². The zero-order chi connectivity index (χ0) is 36.0. The van der Waals surface area contributed by atoms with E-state index in [2.05, 4.69) is 80.3 Å². The zero-order valence-electron chi connectivity index (χ0n) is 31.6. The van der Waals surface area contributed by atoms with Gasteiger partial charge in [-0.05, 0) is 80.9 Å². The van der Waals surface area contributed by atoms with E-state index >= 15 is 0 Å². The van der Waals surface area contributed by atoms with E-state index in [1.165, 1.54) is 23.1 Å². The molecule has 4 aliphatic heterocycles. The summed E-state index contributed by atoms with van der Waals surface area (Å²) in [5.41, 5.74) is 3.95. The van der Waals surface area contributed by atoms with Crippen molar-refractivity contribution in [3.05, 3.63) is 71.3 Å². The second-order valence-corrected chi connectivity index (χ2v) is 17.8. The van der Waals surface area contributed by atoms with Crippen LogP contribution in [0.2, 0.25) is 0 Å². The number of likely N-dealkylation sites (N-methyl/N-ethyl adjacent to an activating group) is 1. The highest BCUT2D eigenvalue weighted by Crippen LogP contribution is 2.45. The van der Waals surface area contributed by atoms with Gasteiger partial charge in [0.05, 0.1) is 37.5 Å². The lowest BCUT2D eigenvalue weighted by molar-refractivity contribution is -0.133. The summed E-state index contributed by atoms with van der Waals surface area (Å²) in [6.07, 6.45) is 10.8. The molecule has 7 aliphatic rings. The first kappa shape index (κ1) is 35.8. The lowest BCUT2D eigenvalue weighted by atomic mass is 9.87. The van der Waals surface area contributed by atoms with Crippen molar-refractivity contribution in [1.82, 2.24) is 30.7 Å². The molecule has 53 heavy (non-hydrogen) atoms. The molecule has 0 aromatic heterocycles. The van der Waals surface area contributed by atoms with E-state index in [0.717, 1.165) is 97.2 Å². The molecule has 2 aromatic rings. The predicted molar refractivity (Wildman–Crippen MR) is 205 cm³/mol. The molecule has 286 valence electrons. The van der Waals surface area contributed by atoms with Crippen LogP contribution >= 0.6 is 0 Å². The molecule has 0 bridgehead atoms. The van der Waals surface area contributed by atoms with Gasteiger partial charge in [-0.3, -0.25) is 19.4 Å². The average Bonchev–Trinajstić information content (AvgIpc) is 4.12. The molecule has 3 saturated carbocycles. The molecule has 7 fully saturated rings. The number of carbonyl (C=O) groups is 2. The predicted octanol–water partition coefficient (Wildman–Crippen LogP) is 3.76. The van der Waals surface area contributed by atoms with Crippen molar-refractivity contribution in [1.29, 1.82) is 0 Å². The maximum Gasteiger partial charge on any atom is 0.236 e. The molecule has 10 heteroatoms. The van der Waals surface area contributed by atoms with Crippen molar-refractivity contribution in [2.45, 2.75) is 124 Å². The topological polar surface area (TPSA) is 98.4 Å². The van der Waals surface area contributed by atoms with Gasteiger partial charge in [-0.15, -0.1) is 0 Å². The third-order valence-corrected chi connectivity index (χ3v) is 13.6. The monoisotopic (exact) mass is 724 g/mol. The molecule has 0 radical (unpaired) electrons. The van der Waals surface area contributed by atoms with Crippen LogP contribution in [0.5, 0.6) is 0 Å². The van der Waals surface area contributed by atoms with E-state index in [4.69, 9.17) is 9.47 Å². The first-order chi connectivity index (χ1) is 25.8. The van der Waals surface area contributed by atoms with Gasteiger partial charge in [0.1, 0.15) is 0 Å². The summed E-state index contributed by atoms with van der Waals surface area (Å²) >= 11 is 0. The molecule has 2 aromatic carbocycles. The molecule has 2 unspecified atom stereocenters. The molecule has 6 atom stereocenters. The Bertz CT molecular complexity index is 1600. The van der Waals surface area contributed by atoms with Crippen molar-refractivity contribution < 1.29 is 19.1 Å². The van der Waals surface area contributed by atoms with Gasteiger partial charge in [0, 0.05) is 81.8 Å². The van der Waals surface area contributed by atoms with Gasteiger partial charge < -0.3 is 30.3 Å². The SMILES string of the molecule is CN(Cc1cccc([C@@H]2C[C@H]2NC2COC3(CCN(CC(=O)NC4CC4)CC3)C2)c1)C(=O)CN1CCC2(CC1)CC(N[C@@H]1C[C@H]1c1ccccc1)CO2. The molecule has 2 spiro atoms. The van der Waals surface area contributed by atoms with E-state index < -0.39 is 0 Å². The third kappa shape index (κ3) is 8.68. The minimum Gasteiger partial charge on any atom is -0.373 e. The smallest absolute Gasteiger partial charge is 0.236 e. The first-order valence-corrected chi connectivity index (χ1v) is 20.7. The van der Waals surface area contributed by atoms with Gasteiger partial charge in [-0.1, -0.05) is 54.6 Å². The maximum absolute atomic E-state index is 13.4. The van der Waals surface area contributed by atoms with Gasteiger partial charge in [-0.25, -0.2) is 0 Å². The highest BCUT2D eigenvalue weighted by molar-refractivity contribution is 5.78. The van der Waals surface area contributed by atoms with E-state index in [1.54, 1.807) is 0 Å². The van der Waals surface area contributed by atoms with Gasteiger partial charge in [-0.2, -0.15) is 0 Å². The second-order valence-electron chi connectivity index (χ2n) is 17.8. The van der Waals surface area contributed by atoms with Crippen LogP contribution in [0.25, 0.3) is 0 Å². The summed E-state index contributed by atoms with van der Waals surface area (Å²) < 4.78 is 12.9. The summed E-state index contributed by atoms with van der Waals surface area (Å²) in [5, 5.41) is 10.9. The van der Waals surface area contributed by atoms with Crippen LogP contribution in [-0.2, 0) is 25.6 Å². The number of amides is 2. The van der Waals surface area contributed by atoms with E-state index in [9.17, 15) is 9.59 Å². The number of hydrogen-bond donors (Lipinski definition) is 3. The molecular formula is C43H60N6O4. The van der Waals surface area contributed by atoms with Gasteiger partial charge in [0.15, 0.2) is 0 Å². The van der Waals surface area contributed by atoms with Crippen LogP contribution in [0.4, 0.5) is 0 Å². The maximum atomic E-state index is 13.4. The lowest BCUT2D eigenvalue weighted by Gasteiger charge is -2.38. The molecule has 3 aliphatic carbocycles. The van der Waals surface area contributed by atoms with Crippen LogP contribution in [-0.4, -0.2) is 127 Å². The second kappa shape index (κ2) is 15.0. The van der Waals surface area contributed by atoms with Crippen LogP contribution in [0.3, 0.4) is 0 Å². The van der Waals surface area contributed by atoms with Crippen LogP contribution in [0.15, 0.2) is 54.6 Å². The lowest BCUT2D eigenvalue weighted by Crippen LogP contribution is -2.48. The standard InChI is InChI=1S/C43H60N6O4/c1-47(41(51)27-49-18-14-43(15-19-49)23-34(28-53-43)44-38-21-36(38)31-7-3-2-4-8-31)25-30-6-5-9-32(20-30)37-22-39(37)45-35-24-42(52-29-35)12-16-48(17-13-42)26-40(50)46-33-10-11-33/h2-9,20,33-39,44-45H,10-19,21-29H2,1H3,(H,46,50)/t34?,35?,36-,37-,38+,39+/m0/s1. The van der Waals surface area contributed by atoms with E-state index in [-0.39, 0.29) is 23.0 Å². The van der Waals surface area contributed by atoms with Gasteiger partial charge in [0.25, 0.3) is 0 Å². The Kier molecular flexibility index (Phi) is 10.1. The number of likely N-dealkylation sites (tertiary alicyclic amines) is 2. The highest BCUT2D eigenvalue weighted by Gasteiger charge is 2.48. The van der Waals surface area contributed by atoms with Crippen molar-refractivity contribution in [3.63, 3.8) is 0 Å². The number of benzene rings is 2. The fourth-order valence-electron chi connectivity index (χ4n) is 9.94. The fourth-order valence-corrected chi connectivity index (χ4v) is 9.94. The summed E-state index contributed by atoms with van der Waals surface area (Å²) in [4.78, 5) is 32.1. The quantitative estimate of drug-likeness (QED) is 0.288. The van der Waals surface area contributed by atoms with Crippen molar-refractivity contribution in [2.75, 3.05) is 59.5 Å². The largest absolute Gasteiger partial charge is 0.373 e. The zero-order valence-corrected chi connectivity index (χ0v) is 31.6. The van der Waals surface area contributed by atoms with E-state index in [0.29, 0.717) is 61.7 Å². The molecule has 3 N–H and O–H groups in total. The summed E-state index contributed by atoms with van der Waals surface area (Å²) in [6, 6.07) is 22.1. The number of carbonyl (C=O) groups excluding carboxylic acids is 2. The van der Waals surface area contributed by atoms with Crippen molar-refractivity contribution >= 4 is 11.8 Å². The molecule has 4 saturated heterocycles. The molecule has 9 rings (SSSR count). The van der Waals surface area contributed by atoms with Crippen molar-refractivity contribution in [2.24, 2.45) is 0 Å². The Hall–Kier alpha value is -2.86. The Labute approximate surface area is 315 Å². The number of piperidine rings is 2. The Morgan fingerprint density at radius 3 is 1.91 bits per heavy atom. The van der Waals surface area contributed by atoms with Crippen LogP contribution in [0, 0.1) is 0 Å². The number of nitrogens with one attached hydrogen (secondary N) is 3. The number of ether oxygens (including phenoxy) is 2. The minimum absolute atomic E-state index is 0.0324. The Balaban J connectivity index is 0.677. The van der Waals surface area contributed by atoms with Crippen LogP contribution < -0.4 is 16.0 Å². The first-order valence-electron chi connectivity index (χ1n) is 20.7. The van der Waals surface area contributed by atoms with Crippen LogP contribution in [0.1, 0.15) is 92.7 Å². The fraction of sp³-hybridized carbons (Fsp3) is 0.674. The van der Waals surface area contributed by atoms with E-state index in [1.807, 2.05) is 11.9 Å². The Morgan fingerprint density at radius 2 is 1.30 bits per heavy atom. The van der Waals surface area contributed by atoms with Crippen molar-refractivity contribution in [3.8, 4) is 0 Å². The average molecular weight is 725 g/mol. The molecular weight excluding hydrogens is 665 g/mol. The van der Waals surface area contributed by atoms with Gasteiger partial charge >= 0.3 is 0 Å². The molecule has 2 amide bonds. The number of rotatable bonds is 13. The normalized spacial score (nSPS) is 31.9. The molecule has 10 nitrogen and oxygen atoms in total. The molecule has 4 heterocycles. The summed E-state index contributed by atoms with van der Waals surface area (Å²) in [5.74, 6) is 1.52.